The highest BCUT2D eigenvalue weighted by Crippen LogP contribution is 2.39. The van der Waals surface area contributed by atoms with Crippen LogP contribution < -0.4 is 9.47 Å². The zero-order valence-electron chi connectivity index (χ0n) is 6.75. The largest absolute Gasteiger partial charge is 0.485 e. The summed E-state index contributed by atoms with van der Waals surface area (Å²) >= 11 is 3.32. The second-order valence-electron chi connectivity index (χ2n) is 2.61. The van der Waals surface area contributed by atoms with Gasteiger partial charge < -0.3 is 9.47 Å². The second-order valence-corrected chi connectivity index (χ2v) is 3.46. The van der Waals surface area contributed by atoms with E-state index in [9.17, 15) is 4.79 Å². The number of benzene rings is 1. The van der Waals surface area contributed by atoms with Gasteiger partial charge in [-0.25, -0.2) is 0 Å². The Morgan fingerprint density at radius 1 is 1.23 bits per heavy atom. The Labute approximate surface area is 83.8 Å². The fraction of sp³-hybridized carbons (Fsp3) is 0.222. The number of carbonyl (C=O) groups excluding carboxylic acids is 1. The van der Waals surface area contributed by atoms with Crippen molar-refractivity contribution < 1.29 is 14.3 Å². The molecule has 0 saturated carbocycles. The minimum atomic E-state index is 0.490. The molecule has 1 aromatic carbocycles. The standard InChI is InChI=1S/C9H7BrO3/c10-7-2-1-6(5-11)8-9(7)13-4-3-12-8/h1-2,5H,3-4H2. The highest BCUT2D eigenvalue weighted by Gasteiger charge is 2.18. The summed E-state index contributed by atoms with van der Waals surface area (Å²) in [4.78, 5) is 10.6. The molecule has 1 aliphatic heterocycles. The third-order valence-electron chi connectivity index (χ3n) is 1.80. The quantitative estimate of drug-likeness (QED) is 0.708. The van der Waals surface area contributed by atoms with E-state index in [-0.39, 0.29) is 0 Å². The van der Waals surface area contributed by atoms with Crippen LogP contribution >= 0.6 is 15.9 Å². The zero-order valence-corrected chi connectivity index (χ0v) is 8.33. The Hall–Kier alpha value is -1.03. The number of hydrogen-bond acceptors (Lipinski definition) is 3. The van der Waals surface area contributed by atoms with E-state index in [0.717, 1.165) is 10.8 Å². The molecule has 0 radical (unpaired) electrons. The fourth-order valence-corrected chi connectivity index (χ4v) is 1.64. The van der Waals surface area contributed by atoms with Gasteiger partial charge in [-0.3, -0.25) is 4.79 Å². The molecule has 3 nitrogen and oxygen atoms in total. The molecule has 68 valence electrons. The van der Waals surface area contributed by atoms with Crippen LogP contribution in [-0.4, -0.2) is 19.5 Å². The van der Waals surface area contributed by atoms with Crippen molar-refractivity contribution >= 4 is 22.2 Å². The van der Waals surface area contributed by atoms with Gasteiger partial charge in [-0.2, -0.15) is 0 Å². The van der Waals surface area contributed by atoms with Crippen LogP contribution in [0.1, 0.15) is 10.4 Å². The van der Waals surface area contributed by atoms with E-state index in [4.69, 9.17) is 9.47 Å². The number of carbonyl (C=O) groups is 1. The Morgan fingerprint density at radius 2 is 1.92 bits per heavy atom. The number of fused-ring (bicyclic) bond motifs is 1. The third kappa shape index (κ3) is 1.42. The highest BCUT2D eigenvalue weighted by atomic mass is 79.9. The smallest absolute Gasteiger partial charge is 0.176 e. The van der Waals surface area contributed by atoms with Crippen LogP contribution in [-0.2, 0) is 0 Å². The summed E-state index contributed by atoms with van der Waals surface area (Å²) in [6.45, 7) is 1.01. The van der Waals surface area contributed by atoms with Gasteiger partial charge in [0.1, 0.15) is 13.2 Å². The number of rotatable bonds is 1. The molecule has 0 atom stereocenters. The lowest BCUT2D eigenvalue weighted by atomic mass is 10.2. The molecule has 1 heterocycles. The molecule has 0 bridgehead atoms. The van der Waals surface area contributed by atoms with Crippen LogP contribution in [0.3, 0.4) is 0 Å². The molecule has 1 aliphatic rings. The van der Waals surface area contributed by atoms with E-state index in [1.54, 1.807) is 12.1 Å². The van der Waals surface area contributed by atoms with Crippen molar-refractivity contribution in [1.82, 2.24) is 0 Å². The van der Waals surface area contributed by atoms with Crippen molar-refractivity contribution in [1.29, 1.82) is 0 Å². The molecule has 0 aromatic heterocycles. The third-order valence-corrected chi connectivity index (χ3v) is 2.42. The minimum absolute atomic E-state index is 0.490. The first-order chi connectivity index (χ1) is 6.33. The van der Waals surface area contributed by atoms with Gasteiger partial charge in [0.2, 0.25) is 0 Å². The molecule has 0 amide bonds. The Kier molecular flexibility index (Phi) is 2.22. The second kappa shape index (κ2) is 3.38. The van der Waals surface area contributed by atoms with E-state index in [0.29, 0.717) is 30.3 Å². The molecular formula is C9H7BrO3. The lowest BCUT2D eigenvalue weighted by Gasteiger charge is -2.20. The maximum Gasteiger partial charge on any atom is 0.176 e. The van der Waals surface area contributed by atoms with E-state index >= 15 is 0 Å². The molecule has 4 heteroatoms. The number of halogens is 1. The summed E-state index contributed by atoms with van der Waals surface area (Å²) in [7, 11) is 0. The summed E-state index contributed by atoms with van der Waals surface area (Å²) < 4.78 is 11.5. The summed E-state index contributed by atoms with van der Waals surface area (Å²) in [5.74, 6) is 1.16. The van der Waals surface area contributed by atoms with Gasteiger partial charge in [0.25, 0.3) is 0 Å². The van der Waals surface area contributed by atoms with Crippen LogP contribution in [0.25, 0.3) is 0 Å². The molecule has 0 spiro atoms. The highest BCUT2D eigenvalue weighted by molar-refractivity contribution is 9.10. The Morgan fingerprint density at radius 3 is 2.62 bits per heavy atom. The summed E-state index contributed by atoms with van der Waals surface area (Å²) in [6, 6.07) is 3.47. The van der Waals surface area contributed by atoms with Crippen molar-refractivity contribution in [2.75, 3.05) is 13.2 Å². The van der Waals surface area contributed by atoms with Crippen molar-refractivity contribution in [2.24, 2.45) is 0 Å². The summed E-state index contributed by atoms with van der Waals surface area (Å²) in [5.41, 5.74) is 0.526. The van der Waals surface area contributed by atoms with Gasteiger partial charge in [0.05, 0.1) is 10.0 Å². The maximum absolute atomic E-state index is 10.6. The molecule has 0 fully saturated rings. The van der Waals surface area contributed by atoms with Gasteiger partial charge in [0.15, 0.2) is 17.8 Å². The Balaban J connectivity index is 2.58. The fourth-order valence-electron chi connectivity index (χ4n) is 1.22. The van der Waals surface area contributed by atoms with Gasteiger partial charge in [-0.1, -0.05) is 0 Å². The van der Waals surface area contributed by atoms with E-state index in [2.05, 4.69) is 15.9 Å². The van der Waals surface area contributed by atoms with Gasteiger partial charge in [-0.15, -0.1) is 0 Å². The molecular weight excluding hydrogens is 236 g/mol. The SMILES string of the molecule is O=Cc1ccc(Br)c2c1OCCO2. The van der Waals surface area contributed by atoms with Crippen LogP contribution in [0.2, 0.25) is 0 Å². The maximum atomic E-state index is 10.6. The average Bonchev–Trinajstić information content (AvgIpc) is 2.19. The summed E-state index contributed by atoms with van der Waals surface area (Å²) in [6.07, 6.45) is 0.764. The number of ether oxygens (including phenoxy) is 2. The zero-order chi connectivity index (χ0) is 9.26. The molecule has 0 saturated heterocycles. The number of aldehydes is 1. The van der Waals surface area contributed by atoms with E-state index < -0.39 is 0 Å². The van der Waals surface area contributed by atoms with E-state index in [1.165, 1.54) is 0 Å². The van der Waals surface area contributed by atoms with Crippen molar-refractivity contribution in [3.8, 4) is 11.5 Å². The van der Waals surface area contributed by atoms with Crippen LogP contribution in [0, 0.1) is 0 Å². The van der Waals surface area contributed by atoms with Crippen LogP contribution in [0.15, 0.2) is 16.6 Å². The van der Waals surface area contributed by atoms with Crippen LogP contribution in [0.5, 0.6) is 11.5 Å². The Bertz CT molecular complexity index is 349. The van der Waals surface area contributed by atoms with Crippen molar-refractivity contribution in [3.63, 3.8) is 0 Å². The molecule has 2 rings (SSSR count). The van der Waals surface area contributed by atoms with Gasteiger partial charge in [0, 0.05) is 0 Å². The molecule has 0 aliphatic carbocycles. The van der Waals surface area contributed by atoms with Crippen molar-refractivity contribution in [2.45, 2.75) is 0 Å². The normalized spacial score (nSPS) is 13.9. The minimum Gasteiger partial charge on any atom is -0.485 e. The molecule has 13 heavy (non-hydrogen) atoms. The van der Waals surface area contributed by atoms with E-state index in [1.807, 2.05) is 0 Å². The van der Waals surface area contributed by atoms with Gasteiger partial charge in [-0.05, 0) is 28.1 Å². The average molecular weight is 243 g/mol. The predicted molar refractivity (Wildman–Crippen MR) is 50.5 cm³/mol. The predicted octanol–water partition coefficient (Wildman–Crippen LogP) is 2.03. The lowest BCUT2D eigenvalue weighted by Crippen LogP contribution is -2.16. The molecule has 0 N–H and O–H groups in total. The molecule has 1 aromatic rings. The first kappa shape index (κ1) is 8.56. The monoisotopic (exact) mass is 242 g/mol. The topological polar surface area (TPSA) is 35.5 Å². The molecule has 0 unspecified atom stereocenters. The van der Waals surface area contributed by atoms with Crippen LogP contribution in [0.4, 0.5) is 0 Å². The van der Waals surface area contributed by atoms with Gasteiger partial charge >= 0.3 is 0 Å². The first-order valence-electron chi connectivity index (χ1n) is 3.86. The first-order valence-corrected chi connectivity index (χ1v) is 4.65. The van der Waals surface area contributed by atoms with Crippen molar-refractivity contribution in [3.05, 3.63) is 22.2 Å². The summed E-state index contributed by atoms with van der Waals surface area (Å²) in [5, 5.41) is 0. The number of hydrogen-bond donors (Lipinski definition) is 0. The lowest BCUT2D eigenvalue weighted by molar-refractivity contribution is 0.111.